The Morgan fingerprint density at radius 1 is 1.03 bits per heavy atom. The van der Waals surface area contributed by atoms with Crippen molar-refractivity contribution in [2.75, 3.05) is 18.7 Å². The molecule has 0 spiro atoms. The molecule has 0 aliphatic heterocycles. The molecule has 1 N–H and O–H groups in total. The number of nitrogens with one attached hydrogen (secondary N) is 1. The molecule has 2 rings (SSSR count). The molecule has 1 aromatic heterocycles. The van der Waals surface area contributed by atoms with Crippen LogP contribution in [-0.4, -0.2) is 29.1 Å². The molecule has 0 saturated carbocycles. The van der Waals surface area contributed by atoms with Crippen molar-refractivity contribution in [1.29, 1.82) is 0 Å². The molecule has 0 saturated heterocycles. The zero-order chi connectivity index (χ0) is 22.5. The summed E-state index contributed by atoms with van der Waals surface area (Å²) < 4.78 is 11.3. The molecule has 0 radical (unpaired) electrons. The molecule has 30 heavy (non-hydrogen) atoms. The van der Waals surface area contributed by atoms with Gasteiger partial charge in [-0.2, -0.15) is 0 Å². The van der Waals surface area contributed by atoms with E-state index >= 15 is 0 Å². The highest BCUT2D eigenvalue weighted by Gasteiger charge is 2.20. The number of hydrogen-bond donors (Lipinski definition) is 1. The van der Waals surface area contributed by atoms with Crippen LogP contribution in [0.5, 0.6) is 17.4 Å². The molecular weight excluding hydrogens is 394 g/mol. The molecule has 0 aliphatic carbocycles. The number of thioether (sulfide) groups is 1. The van der Waals surface area contributed by atoms with Crippen LogP contribution in [0.3, 0.4) is 0 Å². The van der Waals surface area contributed by atoms with Gasteiger partial charge in [-0.3, -0.25) is 4.99 Å². The van der Waals surface area contributed by atoms with E-state index in [1.165, 1.54) is 0 Å². The van der Waals surface area contributed by atoms with Crippen LogP contribution in [0, 0.1) is 0 Å². The number of benzene rings is 1. The first-order valence-corrected chi connectivity index (χ1v) is 11.5. The van der Waals surface area contributed by atoms with Crippen molar-refractivity contribution < 1.29 is 9.47 Å². The Balaban J connectivity index is 2.50. The summed E-state index contributed by atoms with van der Waals surface area (Å²) in [5, 5.41) is 4.46. The van der Waals surface area contributed by atoms with Gasteiger partial charge in [0, 0.05) is 6.07 Å². The second kappa shape index (κ2) is 10.2. The van der Waals surface area contributed by atoms with Gasteiger partial charge in [0.15, 0.2) is 5.17 Å². The Bertz CT molecular complexity index is 840. The van der Waals surface area contributed by atoms with Crippen molar-refractivity contribution in [3.63, 3.8) is 0 Å². The Hall–Kier alpha value is -2.21. The standard InChI is InChI=1S/C24H35N3O2S/c1-15(2)19-14-20(29-18-12-10-17(28-8)11-13-18)25-21(16(3)4)22(19)26-23(30-9)27-24(5,6)7/h10-16H,1-9H3,(H,26,27). The maximum absolute atomic E-state index is 6.10. The second-order valence-corrected chi connectivity index (χ2v) is 9.61. The van der Waals surface area contributed by atoms with Crippen molar-refractivity contribution in [3.8, 4) is 17.4 Å². The number of aliphatic imine (C=N–C) groups is 1. The van der Waals surface area contributed by atoms with Crippen molar-refractivity contribution in [1.82, 2.24) is 4.98 Å². The zero-order valence-corrected chi connectivity index (χ0v) is 20.5. The number of hydrogen-bond acceptors (Lipinski definition) is 5. The summed E-state index contributed by atoms with van der Waals surface area (Å²) >= 11 is 1.61. The molecule has 6 heteroatoms. The van der Waals surface area contributed by atoms with Crippen molar-refractivity contribution in [3.05, 3.63) is 41.6 Å². The van der Waals surface area contributed by atoms with Gasteiger partial charge < -0.3 is 14.8 Å². The first kappa shape index (κ1) is 24.1. The van der Waals surface area contributed by atoms with E-state index in [2.05, 4.69) is 53.8 Å². The number of ether oxygens (including phenoxy) is 2. The maximum Gasteiger partial charge on any atom is 0.219 e. The SMILES string of the molecule is COc1ccc(Oc2cc(C(C)C)c(NC(=NC(C)(C)C)SC)c(C(C)C)n2)cc1. The van der Waals surface area contributed by atoms with Crippen LogP contribution in [0.15, 0.2) is 35.3 Å². The van der Waals surface area contributed by atoms with Crippen LogP contribution < -0.4 is 14.8 Å². The smallest absolute Gasteiger partial charge is 0.219 e. The molecule has 0 aliphatic rings. The van der Waals surface area contributed by atoms with Gasteiger partial charge in [-0.25, -0.2) is 4.98 Å². The Morgan fingerprint density at radius 3 is 2.10 bits per heavy atom. The van der Waals surface area contributed by atoms with Gasteiger partial charge in [0.05, 0.1) is 24.0 Å². The fraction of sp³-hybridized carbons (Fsp3) is 0.500. The fourth-order valence-corrected chi connectivity index (χ4v) is 3.49. The quantitative estimate of drug-likeness (QED) is 0.393. The lowest BCUT2D eigenvalue weighted by atomic mass is 9.97. The normalized spacial score (nSPS) is 12.4. The van der Waals surface area contributed by atoms with E-state index in [0.717, 1.165) is 33.6 Å². The predicted octanol–water partition coefficient (Wildman–Crippen LogP) is 7.06. The van der Waals surface area contributed by atoms with E-state index < -0.39 is 0 Å². The molecule has 0 atom stereocenters. The van der Waals surface area contributed by atoms with Crippen LogP contribution in [0.2, 0.25) is 0 Å². The fourth-order valence-electron chi connectivity index (χ4n) is 2.92. The monoisotopic (exact) mass is 429 g/mol. The van der Waals surface area contributed by atoms with Crippen LogP contribution in [0.1, 0.15) is 71.6 Å². The molecule has 1 heterocycles. The molecule has 2 aromatic rings. The van der Waals surface area contributed by atoms with Crippen molar-refractivity contribution in [2.45, 2.75) is 65.8 Å². The van der Waals surface area contributed by atoms with E-state index in [-0.39, 0.29) is 11.5 Å². The largest absolute Gasteiger partial charge is 0.497 e. The number of amidine groups is 1. The first-order valence-electron chi connectivity index (χ1n) is 10.3. The van der Waals surface area contributed by atoms with Gasteiger partial charge in [0.1, 0.15) is 11.5 Å². The van der Waals surface area contributed by atoms with Gasteiger partial charge in [-0.15, -0.1) is 0 Å². The van der Waals surface area contributed by atoms with Gasteiger partial charge >= 0.3 is 0 Å². The predicted molar refractivity (Wildman–Crippen MR) is 130 cm³/mol. The zero-order valence-electron chi connectivity index (χ0n) is 19.7. The summed E-state index contributed by atoms with van der Waals surface area (Å²) in [6, 6.07) is 9.56. The number of anilines is 1. The molecule has 0 fully saturated rings. The lowest BCUT2D eigenvalue weighted by molar-refractivity contribution is 0.412. The number of aromatic nitrogens is 1. The topological polar surface area (TPSA) is 55.7 Å². The Labute approximate surface area is 185 Å². The second-order valence-electron chi connectivity index (χ2n) is 8.81. The summed E-state index contributed by atoms with van der Waals surface area (Å²) in [5.41, 5.74) is 3.00. The molecule has 5 nitrogen and oxygen atoms in total. The minimum Gasteiger partial charge on any atom is -0.497 e. The number of rotatable bonds is 6. The third-order valence-electron chi connectivity index (χ3n) is 4.37. The van der Waals surface area contributed by atoms with Crippen LogP contribution >= 0.6 is 11.8 Å². The molecule has 0 bridgehead atoms. The minimum absolute atomic E-state index is 0.161. The van der Waals surface area contributed by atoms with E-state index in [1.54, 1.807) is 18.9 Å². The van der Waals surface area contributed by atoms with Gasteiger partial charge in [0.25, 0.3) is 0 Å². The highest BCUT2D eigenvalue weighted by Crippen LogP contribution is 2.36. The maximum atomic E-state index is 6.10. The highest BCUT2D eigenvalue weighted by atomic mass is 32.2. The Morgan fingerprint density at radius 2 is 1.63 bits per heavy atom. The van der Waals surface area contributed by atoms with Gasteiger partial charge in [-0.05, 0) is 68.7 Å². The molecule has 1 aromatic carbocycles. The van der Waals surface area contributed by atoms with E-state index in [1.807, 2.05) is 36.6 Å². The minimum atomic E-state index is -0.161. The lowest BCUT2D eigenvalue weighted by Crippen LogP contribution is -2.20. The van der Waals surface area contributed by atoms with Crippen LogP contribution in [0.4, 0.5) is 5.69 Å². The summed E-state index contributed by atoms with van der Waals surface area (Å²) in [7, 11) is 1.65. The van der Waals surface area contributed by atoms with Crippen LogP contribution in [-0.2, 0) is 0 Å². The number of methoxy groups -OCH3 is 1. The first-order chi connectivity index (χ1) is 14.0. The molecular formula is C24H35N3O2S. The van der Waals surface area contributed by atoms with Gasteiger partial charge in [0.2, 0.25) is 5.88 Å². The van der Waals surface area contributed by atoms with E-state index in [0.29, 0.717) is 11.8 Å². The van der Waals surface area contributed by atoms with Crippen LogP contribution in [0.25, 0.3) is 0 Å². The van der Waals surface area contributed by atoms with Crippen molar-refractivity contribution in [2.24, 2.45) is 4.99 Å². The summed E-state index contributed by atoms with van der Waals surface area (Å²) in [6.07, 6.45) is 2.04. The van der Waals surface area contributed by atoms with E-state index in [4.69, 9.17) is 19.5 Å². The summed E-state index contributed by atoms with van der Waals surface area (Å²) in [6.45, 7) is 15.0. The summed E-state index contributed by atoms with van der Waals surface area (Å²) in [4.78, 5) is 9.68. The molecule has 0 amide bonds. The lowest BCUT2D eigenvalue weighted by Gasteiger charge is -2.23. The number of nitrogens with zero attached hydrogens (tertiary/aromatic N) is 2. The average Bonchev–Trinajstić information content (AvgIpc) is 2.67. The molecule has 0 unspecified atom stereocenters. The van der Waals surface area contributed by atoms with Crippen molar-refractivity contribution >= 4 is 22.6 Å². The average molecular weight is 430 g/mol. The highest BCUT2D eigenvalue weighted by molar-refractivity contribution is 8.13. The third-order valence-corrected chi connectivity index (χ3v) is 4.95. The number of pyridine rings is 1. The molecule has 164 valence electrons. The van der Waals surface area contributed by atoms with E-state index in [9.17, 15) is 0 Å². The van der Waals surface area contributed by atoms with Gasteiger partial charge in [-0.1, -0.05) is 39.5 Å². The summed E-state index contributed by atoms with van der Waals surface area (Å²) in [5.74, 6) is 2.64. The Kier molecular flexibility index (Phi) is 8.18. The third kappa shape index (κ3) is 6.66.